The van der Waals surface area contributed by atoms with Gasteiger partial charge in [0.25, 0.3) is 0 Å². The van der Waals surface area contributed by atoms with Crippen LogP contribution in [0.25, 0.3) is 5.76 Å². The maximum Gasteiger partial charge on any atom is 0.234 e. The number of rotatable bonds is 0. The molecule has 0 aromatic heterocycles. The minimum atomic E-state index is -0.421. The second kappa shape index (κ2) is 3.31. The van der Waals surface area contributed by atoms with E-state index in [4.69, 9.17) is 4.74 Å². The van der Waals surface area contributed by atoms with E-state index in [1.54, 1.807) is 12.1 Å². The fourth-order valence-corrected chi connectivity index (χ4v) is 2.59. The van der Waals surface area contributed by atoms with Crippen LogP contribution >= 0.6 is 0 Å². The summed E-state index contributed by atoms with van der Waals surface area (Å²) in [6.45, 7) is 5.82. The van der Waals surface area contributed by atoms with E-state index in [1.807, 2.05) is 32.9 Å². The minimum absolute atomic E-state index is 0.106. The highest BCUT2D eigenvalue weighted by molar-refractivity contribution is 6.52. The van der Waals surface area contributed by atoms with Crippen molar-refractivity contribution >= 4 is 17.3 Å². The molecule has 1 aliphatic carbocycles. The fourth-order valence-electron chi connectivity index (χ4n) is 2.59. The van der Waals surface area contributed by atoms with Gasteiger partial charge in [-0.3, -0.25) is 9.59 Å². The maximum absolute atomic E-state index is 12.2. The summed E-state index contributed by atoms with van der Waals surface area (Å²) in [4.78, 5) is 24.4. The largest absolute Gasteiger partial charge is 0.489 e. The van der Waals surface area contributed by atoms with Gasteiger partial charge in [0.1, 0.15) is 11.9 Å². The van der Waals surface area contributed by atoms with Crippen molar-refractivity contribution in [3.63, 3.8) is 0 Å². The van der Waals surface area contributed by atoms with E-state index in [1.165, 1.54) is 0 Å². The number of benzene rings is 1. The molecule has 1 heterocycles. The van der Waals surface area contributed by atoms with Crippen LogP contribution in [0.15, 0.2) is 29.8 Å². The number of Topliss-reactive ketones (excluding diaryl/α,β-unsaturated/α-hetero) is 2. The zero-order chi connectivity index (χ0) is 13.1. The van der Waals surface area contributed by atoms with E-state index in [0.717, 1.165) is 5.56 Å². The first-order valence-electron chi connectivity index (χ1n) is 6.04. The summed E-state index contributed by atoms with van der Waals surface area (Å²) >= 11 is 0. The van der Waals surface area contributed by atoms with Crippen molar-refractivity contribution in [2.24, 2.45) is 5.41 Å². The summed E-state index contributed by atoms with van der Waals surface area (Å²) in [5.74, 6) is -0.249. The van der Waals surface area contributed by atoms with Crippen molar-refractivity contribution in [1.82, 2.24) is 0 Å². The molecule has 0 saturated carbocycles. The highest BCUT2D eigenvalue weighted by atomic mass is 16.5. The highest BCUT2D eigenvalue weighted by Crippen LogP contribution is 2.48. The molecule has 0 bridgehead atoms. The number of carbonyl (C=O) groups is 2. The molecule has 0 radical (unpaired) electrons. The van der Waals surface area contributed by atoms with Gasteiger partial charge in [0.05, 0.1) is 5.57 Å². The van der Waals surface area contributed by atoms with Crippen LogP contribution in [0, 0.1) is 5.41 Å². The summed E-state index contributed by atoms with van der Waals surface area (Å²) in [6.07, 6.45) is -0.106. The Morgan fingerprint density at radius 1 is 1.06 bits per heavy atom. The lowest BCUT2D eigenvalue weighted by atomic mass is 9.74. The molecule has 3 nitrogen and oxygen atoms in total. The molecule has 0 amide bonds. The lowest BCUT2D eigenvalue weighted by molar-refractivity contribution is -0.112. The Hall–Kier alpha value is -1.90. The standard InChI is InChI=1S/C15H14O3/c1-8-15(2,3)11-13(17)12(16)9-6-4-5-7-10(9)14(11)18-8/h4-8H,1-3H3/t8-/m0/s1. The molecule has 1 aliphatic heterocycles. The van der Waals surface area contributed by atoms with Crippen molar-refractivity contribution in [3.8, 4) is 0 Å². The molecule has 2 aliphatic rings. The molecule has 0 spiro atoms. The van der Waals surface area contributed by atoms with Crippen LogP contribution in [0.5, 0.6) is 0 Å². The van der Waals surface area contributed by atoms with Crippen LogP contribution < -0.4 is 0 Å². The SMILES string of the molecule is C[C@@H]1OC2=C(C(=O)C(=O)c3ccccc32)C1(C)C. The van der Waals surface area contributed by atoms with Gasteiger partial charge in [-0.15, -0.1) is 0 Å². The van der Waals surface area contributed by atoms with Crippen molar-refractivity contribution in [1.29, 1.82) is 0 Å². The average molecular weight is 242 g/mol. The van der Waals surface area contributed by atoms with Gasteiger partial charge in [0, 0.05) is 16.5 Å². The Morgan fingerprint density at radius 3 is 2.33 bits per heavy atom. The maximum atomic E-state index is 12.2. The Balaban J connectivity index is 2.32. The number of carbonyl (C=O) groups excluding carboxylic acids is 2. The Kier molecular flexibility index (Phi) is 2.06. The van der Waals surface area contributed by atoms with Crippen LogP contribution in [0.1, 0.15) is 36.7 Å². The predicted octanol–water partition coefficient (Wildman–Crippen LogP) is 2.61. The van der Waals surface area contributed by atoms with Crippen LogP contribution in [-0.4, -0.2) is 17.7 Å². The molecule has 1 aromatic rings. The molecule has 18 heavy (non-hydrogen) atoms. The molecule has 0 unspecified atom stereocenters. The molecular weight excluding hydrogens is 228 g/mol. The van der Waals surface area contributed by atoms with E-state index in [9.17, 15) is 9.59 Å². The van der Waals surface area contributed by atoms with E-state index >= 15 is 0 Å². The minimum Gasteiger partial charge on any atom is -0.489 e. The van der Waals surface area contributed by atoms with Gasteiger partial charge in [-0.2, -0.15) is 0 Å². The number of ketones is 2. The van der Waals surface area contributed by atoms with Gasteiger partial charge < -0.3 is 4.74 Å². The fraction of sp³-hybridized carbons (Fsp3) is 0.333. The number of ether oxygens (including phenoxy) is 1. The lowest BCUT2D eigenvalue weighted by Gasteiger charge is -2.24. The van der Waals surface area contributed by atoms with Gasteiger partial charge in [0.2, 0.25) is 11.6 Å². The molecule has 3 heteroatoms. The Bertz CT molecular complexity index is 608. The lowest BCUT2D eigenvalue weighted by Crippen LogP contribution is -2.32. The Morgan fingerprint density at radius 2 is 1.67 bits per heavy atom. The van der Waals surface area contributed by atoms with Gasteiger partial charge in [-0.1, -0.05) is 38.1 Å². The zero-order valence-electron chi connectivity index (χ0n) is 10.6. The summed E-state index contributed by atoms with van der Waals surface area (Å²) < 4.78 is 5.83. The topological polar surface area (TPSA) is 43.4 Å². The first-order chi connectivity index (χ1) is 8.44. The molecule has 1 aromatic carbocycles. The second-order valence-electron chi connectivity index (χ2n) is 5.39. The summed E-state index contributed by atoms with van der Waals surface area (Å²) in [5, 5.41) is 0. The third-order valence-corrected chi connectivity index (χ3v) is 4.03. The zero-order valence-corrected chi connectivity index (χ0v) is 10.6. The predicted molar refractivity (Wildman–Crippen MR) is 67.0 cm³/mol. The normalized spacial score (nSPS) is 24.7. The van der Waals surface area contributed by atoms with Crippen LogP contribution in [-0.2, 0) is 9.53 Å². The van der Waals surface area contributed by atoms with Crippen molar-refractivity contribution < 1.29 is 14.3 Å². The molecule has 3 rings (SSSR count). The van der Waals surface area contributed by atoms with Crippen LogP contribution in [0.4, 0.5) is 0 Å². The quantitative estimate of drug-likeness (QED) is 0.657. The van der Waals surface area contributed by atoms with Crippen molar-refractivity contribution in [2.75, 3.05) is 0 Å². The molecule has 1 atom stereocenters. The molecule has 0 fully saturated rings. The van der Waals surface area contributed by atoms with E-state index in [0.29, 0.717) is 16.9 Å². The molecule has 0 saturated heterocycles. The smallest absolute Gasteiger partial charge is 0.234 e. The van der Waals surface area contributed by atoms with Gasteiger partial charge >= 0.3 is 0 Å². The number of hydrogen-bond donors (Lipinski definition) is 0. The third-order valence-electron chi connectivity index (χ3n) is 4.03. The third kappa shape index (κ3) is 1.19. The summed E-state index contributed by atoms with van der Waals surface area (Å²) in [6, 6.07) is 7.13. The number of hydrogen-bond acceptors (Lipinski definition) is 3. The summed E-state index contributed by atoms with van der Waals surface area (Å²) in [7, 11) is 0. The number of fused-ring (bicyclic) bond motifs is 2. The van der Waals surface area contributed by atoms with Gasteiger partial charge in [-0.05, 0) is 6.92 Å². The van der Waals surface area contributed by atoms with E-state index in [2.05, 4.69) is 0 Å². The average Bonchev–Trinajstić information content (AvgIpc) is 2.58. The Labute approximate surface area is 105 Å². The second-order valence-corrected chi connectivity index (χ2v) is 5.39. The van der Waals surface area contributed by atoms with Crippen molar-refractivity contribution in [2.45, 2.75) is 26.9 Å². The summed E-state index contributed by atoms with van der Waals surface area (Å²) in [5.41, 5.74) is 1.30. The molecular formula is C15H14O3. The first kappa shape index (κ1) is 11.2. The van der Waals surface area contributed by atoms with Crippen molar-refractivity contribution in [3.05, 3.63) is 41.0 Å². The molecule has 92 valence electrons. The molecule has 0 N–H and O–H groups in total. The van der Waals surface area contributed by atoms with Crippen LogP contribution in [0.2, 0.25) is 0 Å². The van der Waals surface area contributed by atoms with E-state index < -0.39 is 17.0 Å². The first-order valence-corrected chi connectivity index (χ1v) is 6.04. The monoisotopic (exact) mass is 242 g/mol. The highest BCUT2D eigenvalue weighted by Gasteiger charge is 2.49. The van der Waals surface area contributed by atoms with E-state index in [-0.39, 0.29) is 6.10 Å². The van der Waals surface area contributed by atoms with Gasteiger partial charge in [-0.25, -0.2) is 0 Å². The van der Waals surface area contributed by atoms with Gasteiger partial charge in [0.15, 0.2) is 0 Å². The van der Waals surface area contributed by atoms with Crippen LogP contribution in [0.3, 0.4) is 0 Å².